The van der Waals surface area contributed by atoms with Gasteiger partial charge in [-0.05, 0) is 29.1 Å². The Morgan fingerprint density at radius 1 is 1.33 bits per heavy atom. The van der Waals surface area contributed by atoms with Crippen molar-refractivity contribution >= 4 is 34.0 Å². The quantitative estimate of drug-likeness (QED) is 0.802. The van der Waals surface area contributed by atoms with Crippen LogP contribution in [0, 0.1) is 11.3 Å². The third-order valence-electron chi connectivity index (χ3n) is 2.74. The largest absolute Gasteiger partial charge is 0.392 e. The summed E-state index contributed by atoms with van der Waals surface area (Å²) in [4.78, 5) is 12.9. The Morgan fingerprint density at radius 3 is 2.76 bits per heavy atom. The fraction of sp³-hybridized carbons (Fsp3) is 0.200. The van der Waals surface area contributed by atoms with E-state index in [1.165, 1.54) is 11.3 Å². The molecule has 0 aliphatic carbocycles. The molecule has 0 saturated carbocycles. The van der Waals surface area contributed by atoms with Crippen LogP contribution in [-0.4, -0.2) is 16.8 Å². The number of hydrogen-bond donors (Lipinski definition) is 2. The Bertz CT molecular complexity index is 644. The lowest BCUT2D eigenvalue weighted by molar-refractivity contribution is -0.115. The highest BCUT2D eigenvalue weighted by Crippen LogP contribution is 2.23. The fourth-order valence-corrected chi connectivity index (χ4v) is 3.24. The van der Waals surface area contributed by atoms with E-state index in [0.29, 0.717) is 22.7 Å². The number of benzene rings is 1. The Labute approximate surface area is 131 Å². The van der Waals surface area contributed by atoms with Crippen molar-refractivity contribution in [1.29, 1.82) is 5.26 Å². The lowest BCUT2D eigenvalue weighted by atomic mass is 10.2. The fourth-order valence-electron chi connectivity index (χ4n) is 1.64. The molecule has 2 rings (SSSR count). The first-order valence-corrected chi connectivity index (χ1v) is 8.19. The van der Waals surface area contributed by atoms with Gasteiger partial charge < -0.3 is 10.4 Å². The van der Waals surface area contributed by atoms with Crippen molar-refractivity contribution in [2.24, 2.45) is 0 Å². The Kier molecular flexibility index (Phi) is 5.81. The van der Waals surface area contributed by atoms with Crippen molar-refractivity contribution in [3.8, 4) is 6.07 Å². The van der Waals surface area contributed by atoms with E-state index in [9.17, 15) is 4.79 Å². The summed E-state index contributed by atoms with van der Waals surface area (Å²) in [7, 11) is 0. The van der Waals surface area contributed by atoms with Crippen LogP contribution in [0.25, 0.3) is 0 Å². The number of nitriles is 1. The van der Waals surface area contributed by atoms with E-state index in [1.54, 1.807) is 23.2 Å². The lowest BCUT2D eigenvalue weighted by Crippen LogP contribution is -2.11. The van der Waals surface area contributed by atoms with E-state index in [-0.39, 0.29) is 12.5 Å². The molecule has 4 nitrogen and oxygen atoms in total. The first-order valence-electron chi connectivity index (χ1n) is 6.33. The van der Waals surface area contributed by atoms with Crippen LogP contribution in [0.2, 0.25) is 0 Å². The van der Waals surface area contributed by atoms with Gasteiger partial charge in [-0.2, -0.15) is 5.26 Å². The third-order valence-corrected chi connectivity index (χ3v) is 4.59. The van der Waals surface area contributed by atoms with Crippen LogP contribution in [0.3, 0.4) is 0 Å². The van der Waals surface area contributed by atoms with Gasteiger partial charge in [0.2, 0.25) is 5.91 Å². The summed E-state index contributed by atoms with van der Waals surface area (Å²) in [5, 5.41) is 23.0. The molecular formula is C15H14N2O2S2. The van der Waals surface area contributed by atoms with Gasteiger partial charge in [0.1, 0.15) is 11.1 Å². The van der Waals surface area contributed by atoms with Gasteiger partial charge in [-0.1, -0.05) is 12.1 Å². The van der Waals surface area contributed by atoms with Crippen LogP contribution in [-0.2, 0) is 11.4 Å². The maximum Gasteiger partial charge on any atom is 0.225 e. The number of thiophene rings is 1. The number of nitrogens with zero attached hydrogens (tertiary/aromatic N) is 1. The maximum absolute atomic E-state index is 11.8. The average Bonchev–Trinajstić information content (AvgIpc) is 2.95. The molecule has 1 aromatic carbocycles. The third kappa shape index (κ3) is 4.60. The van der Waals surface area contributed by atoms with E-state index in [0.717, 1.165) is 10.5 Å². The predicted octanol–water partition coefficient (Wildman–Crippen LogP) is 3.23. The summed E-state index contributed by atoms with van der Waals surface area (Å²) in [6.07, 6.45) is 0.384. The number of carbonyl (C=O) groups excluding carboxylic acids is 1. The second-order valence-corrected chi connectivity index (χ2v) is 6.31. The minimum Gasteiger partial charge on any atom is -0.392 e. The number of hydrogen-bond acceptors (Lipinski definition) is 5. The highest BCUT2D eigenvalue weighted by molar-refractivity contribution is 7.99. The van der Waals surface area contributed by atoms with Crippen molar-refractivity contribution in [2.75, 3.05) is 11.1 Å². The number of amides is 1. The van der Waals surface area contributed by atoms with Crippen LogP contribution < -0.4 is 5.32 Å². The summed E-state index contributed by atoms with van der Waals surface area (Å²) in [5.41, 5.74) is 1.37. The second-order valence-electron chi connectivity index (χ2n) is 4.22. The SMILES string of the molecule is N#Cc1ccsc1NC(=O)CCSc1ccc(CO)cc1. The van der Waals surface area contributed by atoms with Crippen LogP contribution in [0.5, 0.6) is 0 Å². The Hall–Kier alpha value is -1.81. The molecule has 1 amide bonds. The van der Waals surface area contributed by atoms with E-state index in [1.807, 2.05) is 30.3 Å². The first-order chi connectivity index (χ1) is 10.2. The number of nitrogens with one attached hydrogen (secondary N) is 1. The van der Waals surface area contributed by atoms with Crippen molar-refractivity contribution in [3.05, 3.63) is 46.8 Å². The van der Waals surface area contributed by atoms with Gasteiger partial charge in [0.05, 0.1) is 12.2 Å². The predicted molar refractivity (Wildman–Crippen MR) is 85.4 cm³/mol. The topological polar surface area (TPSA) is 73.1 Å². The number of anilines is 1. The zero-order valence-corrected chi connectivity index (χ0v) is 12.8. The van der Waals surface area contributed by atoms with Crippen LogP contribution >= 0.6 is 23.1 Å². The van der Waals surface area contributed by atoms with Gasteiger partial charge in [-0.25, -0.2) is 0 Å². The molecule has 21 heavy (non-hydrogen) atoms. The smallest absolute Gasteiger partial charge is 0.225 e. The average molecular weight is 318 g/mol. The number of thioether (sulfide) groups is 1. The van der Waals surface area contributed by atoms with Gasteiger partial charge >= 0.3 is 0 Å². The van der Waals surface area contributed by atoms with Gasteiger partial charge in [-0.15, -0.1) is 23.1 Å². The summed E-state index contributed by atoms with van der Waals surface area (Å²) in [6.45, 7) is 0.0371. The number of rotatable bonds is 6. The zero-order chi connectivity index (χ0) is 15.1. The molecule has 0 bridgehead atoms. The van der Waals surface area contributed by atoms with Crippen LogP contribution in [0.4, 0.5) is 5.00 Å². The van der Waals surface area contributed by atoms with E-state index in [2.05, 4.69) is 5.32 Å². The molecule has 2 aromatic rings. The lowest BCUT2D eigenvalue weighted by Gasteiger charge is -2.04. The Balaban J connectivity index is 1.78. The number of aliphatic hydroxyl groups is 1. The maximum atomic E-state index is 11.8. The minimum absolute atomic E-state index is 0.0371. The number of carbonyl (C=O) groups is 1. The van der Waals surface area contributed by atoms with E-state index in [4.69, 9.17) is 10.4 Å². The molecule has 1 heterocycles. The van der Waals surface area contributed by atoms with Gasteiger partial charge in [0.15, 0.2) is 0 Å². The van der Waals surface area contributed by atoms with E-state index >= 15 is 0 Å². The van der Waals surface area contributed by atoms with Crippen molar-refractivity contribution in [2.45, 2.75) is 17.9 Å². The van der Waals surface area contributed by atoms with Crippen LogP contribution in [0.1, 0.15) is 17.5 Å². The van der Waals surface area contributed by atoms with Gasteiger partial charge in [-0.3, -0.25) is 4.79 Å². The monoisotopic (exact) mass is 318 g/mol. The summed E-state index contributed by atoms with van der Waals surface area (Å²) < 4.78 is 0. The Morgan fingerprint density at radius 2 is 2.10 bits per heavy atom. The summed E-state index contributed by atoms with van der Waals surface area (Å²) >= 11 is 2.94. The molecule has 2 N–H and O–H groups in total. The highest BCUT2D eigenvalue weighted by atomic mass is 32.2. The van der Waals surface area contributed by atoms with Gasteiger partial charge in [0, 0.05) is 17.1 Å². The molecule has 0 aliphatic heterocycles. The zero-order valence-electron chi connectivity index (χ0n) is 11.2. The first kappa shape index (κ1) is 15.6. The molecular weight excluding hydrogens is 304 g/mol. The molecule has 6 heteroatoms. The van der Waals surface area contributed by atoms with Gasteiger partial charge in [0.25, 0.3) is 0 Å². The minimum atomic E-state index is -0.0894. The molecule has 0 spiro atoms. The molecule has 0 fully saturated rings. The standard InChI is InChI=1S/C15H14N2O2S2/c16-9-12-5-7-21-15(12)17-14(19)6-8-20-13-3-1-11(10-18)2-4-13/h1-5,7,18H,6,8,10H2,(H,17,19). The second kappa shape index (κ2) is 7.84. The van der Waals surface area contributed by atoms with Crippen LogP contribution in [0.15, 0.2) is 40.6 Å². The van der Waals surface area contributed by atoms with Crippen molar-refractivity contribution < 1.29 is 9.90 Å². The summed E-state index contributed by atoms with van der Waals surface area (Å²) in [5.74, 6) is 0.575. The van der Waals surface area contributed by atoms with Crippen molar-refractivity contribution in [1.82, 2.24) is 0 Å². The molecule has 0 unspecified atom stereocenters. The highest BCUT2D eigenvalue weighted by Gasteiger charge is 2.08. The number of aliphatic hydroxyl groups excluding tert-OH is 1. The molecule has 1 aromatic heterocycles. The molecule has 0 radical (unpaired) electrons. The molecule has 0 saturated heterocycles. The van der Waals surface area contributed by atoms with E-state index < -0.39 is 0 Å². The molecule has 0 aliphatic rings. The normalized spacial score (nSPS) is 10.1. The molecule has 0 atom stereocenters. The van der Waals surface area contributed by atoms with Crippen molar-refractivity contribution in [3.63, 3.8) is 0 Å². The summed E-state index contributed by atoms with van der Waals surface area (Å²) in [6, 6.07) is 11.3. The molecule has 108 valence electrons.